The predicted molar refractivity (Wildman–Crippen MR) is 77.3 cm³/mol. The Balaban J connectivity index is 2.06. The minimum Gasteiger partial charge on any atom is -0.457 e. The number of benzene rings is 1. The second-order valence-corrected chi connectivity index (χ2v) is 4.28. The zero-order valence-corrected chi connectivity index (χ0v) is 11.3. The fourth-order valence-electron chi connectivity index (χ4n) is 1.70. The van der Waals surface area contributed by atoms with Crippen LogP contribution in [0.2, 0.25) is 0 Å². The number of amidine groups is 1. The third-order valence-electron chi connectivity index (χ3n) is 2.76. The van der Waals surface area contributed by atoms with E-state index in [-0.39, 0.29) is 5.84 Å². The number of pyridine rings is 1. The summed E-state index contributed by atoms with van der Waals surface area (Å²) in [7, 11) is 1.69. The molecule has 0 amide bonds. The van der Waals surface area contributed by atoms with E-state index in [1.165, 1.54) is 5.56 Å². The molecule has 0 saturated heterocycles. The van der Waals surface area contributed by atoms with Gasteiger partial charge >= 0.3 is 0 Å². The first-order chi connectivity index (χ1) is 9.69. The molecule has 0 aliphatic rings. The lowest BCUT2D eigenvalue weighted by Gasteiger charge is -2.07. The third-order valence-corrected chi connectivity index (χ3v) is 2.76. The largest absolute Gasteiger partial charge is 0.457 e. The van der Waals surface area contributed by atoms with Crippen LogP contribution in [0.15, 0.2) is 42.6 Å². The van der Waals surface area contributed by atoms with E-state index in [4.69, 9.17) is 20.6 Å². The standard InChI is InChI=1S/C15H17N3O2/c1-19-9-7-11-2-4-12(5-3-11)20-13-6-8-18-14(10-13)15(16)17/h2-6,8,10H,7,9H2,1H3,(H3,16,17). The number of nitrogens with two attached hydrogens (primary N) is 1. The van der Waals surface area contributed by atoms with Crippen molar-refractivity contribution in [3.8, 4) is 11.5 Å². The molecule has 5 nitrogen and oxygen atoms in total. The number of ether oxygens (including phenoxy) is 2. The average molecular weight is 271 g/mol. The maximum absolute atomic E-state index is 7.35. The first kappa shape index (κ1) is 14.0. The highest BCUT2D eigenvalue weighted by Gasteiger charge is 2.02. The van der Waals surface area contributed by atoms with Crippen molar-refractivity contribution in [3.05, 3.63) is 53.9 Å². The summed E-state index contributed by atoms with van der Waals surface area (Å²) in [6.07, 6.45) is 2.44. The van der Waals surface area contributed by atoms with Crippen LogP contribution in [0.4, 0.5) is 0 Å². The first-order valence-corrected chi connectivity index (χ1v) is 6.25. The van der Waals surface area contributed by atoms with Crippen LogP contribution in [0, 0.1) is 5.41 Å². The first-order valence-electron chi connectivity index (χ1n) is 6.25. The quantitative estimate of drug-likeness (QED) is 0.624. The van der Waals surface area contributed by atoms with Crippen molar-refractivity contribution in [2.45, 2.75) is 6.42 Å². The number of nitrogens with zero attached hydrogens (tertiary/aromatic N) is 1. The van der Waals surface area contributed by atoms with Crippen molar-refractivity contribution in [3.63, 3.8) is 0 Å². The molecule has 3 N–H and O–H groups in total. The molecule has 0 bridgehead atoms. The Morgan fingerprint density at radius 2 is 1.95 bits per heavy atom. The lowest BCUT2D eigenvalue weighted by Crippen LogP contribution is -2.12. The Hall–Kier alpha value is -2.40. The molecule has 0 aliphatic heterocycles. The van der Waals surface area contributed by atoms with E-state index in [9.17, 15) is 0 Å². The van der Waals surface area contributed by atoms with Crippen LogP contribution in [0.1, 0.15) is 11.3 Å². The number of hydrogen-bond donors (Lipinski definition) is 2. The zero-order valence-electron chi connectivity index (χ0n) is 11.3. The van der Waals surface area contributed by atoms with E-state index >= 15 is 0 Å². The number of rotatable bonds is 6. The Labute approximate surface area is 117 Å². The van der Waals surface area contributed by atoms with Gasteiger partial charge in [-0.15, -0.1) is 0 Å². The molecule has 0 fully saturated rings. The number of nitrogen functional groups attached to an aromatic ring is 1. The third kappa shape index (κ3) is 3.80. The minimum atomic E-state index is -0.0784. The molecular weight excluding hydrogens is 254 g/mol. The summed E-state index contributed by atoms with van der Waals surface area (Å²) >= 11 is 0. The highest BCUT2D eigenvalue weighted by Crippen LogP contribution is 2.21. The van der Waals surface area contributed by atoms with Crippen LogP contribution >= 0.6 is 0 Å². The van der Waals surface area contributed by atoms with Gasteiger partial charge in [0.25, 0.3) is 0 Å². The van der Waals surface area contributed by atoms with Crippen LogP contribution in [-0.4, -0.2) is 24.5 Å². The highest BCUT2D eigenvalue weighted by atomic mass is 16.5. The van der Waals surface area contributed by atoms with E-state index in [1.54, 1.807) is 25.4 Å². The van der Waals surface area contributed by atoms with Crippen LogP contribution < -0.4 is 10.5 Å². The van der Waals surface area contributed by atoms with Crippen molar-refractivity contribution < 1.29 is 9.47 Å². The normalized spacial score (nSPS) is 10.2. The Kier molecular flexibility index (Phi) is 4.68. The fourth-order valence-corrected chi connectivity index (χ4v) is 1.70. The Morgan fingerprint density at radius 3 is 2.60 bits per heavy atom. The van der Waals surface area contributed by atoms with Gasteiger partial charge in [0.05, 0.1) is 6.61 Å². The summed E-state index contributed by atoms with van der Waals surface area (Å²) in [6, 6.07) is 11.2. The summed E-state index contributed by atoms with van der Waals surface area (Å²) in [5.74, 6) is 1.26. The van der Waals surface area contributed by atoms with Gasteiger partial charge in [-0.3, -0.25) is 10.4 Å². The predicted octanol–water partition coefficient (Wildman–Crippen LogP) is 2.35. The van der Waals surface area contributed by atoms with Gasteiger partial charge < -0.3 is 15.2 Å². The van der Waals surface area contributed by atoms with Gasteiger partial charge in [0.1, 0.15) is 23.0 Å². The molecule has 1 heterocycles. The minimum absolute atomic E-state index is 0.0784. The molecule has 0 spiro atoms. The molecule has 5 heteroatoms. The second-order valence-electron chi connectivity index (χ2n) is 4.28. The zero-order chi connectivity index (χ0) is 14.4. The molecule has 20 heavy (non-hydrogen) atoms. The van der Waals surface area contributed by atoms with Crippen molar-refractivity contribution in [1.82, 2.24) is 4.98 Å². The Morgan fingerprint density at radius 1 is 1.20 bits per heavy atom. The van der Waals surface area contributed by atoms with Gasteiger partial charge in [-0.1, -0.05) is 12.1 Å². The SMILES string of the molecule is COCCc1ccc(Oc2ccnc(C(=N)N)c2)cc1. The van der Waals surface area contributed by atoms with Crippen molar-refractivity contribution in [2.24, 2.45) is 5.73 Å². The van der Waals surface area contributed by atoms with Crippen molar-refractivity contribution >= 4 is 5.84 Å². The molecule has 1 aromatic carbocycles. The van der Waals surface area contributed by atoms with Gasteiger partial charge in [0.2, 0.25) is 0 Å². The van der Waals surface area contributed by atoms with E-state index < -0.39 is 0 Å². The van der Waals surface area contributed by atoms with Gasteiger partial charge in [-0.2, -0.15) is 0 Å². The van der Waals surface area contributed by atoms with E-state index in [0.717, 1.165) is 12.2 Å². The molecule has 0 saturated carbocycles. The molecule has 1 aromatic heterocycles. The lowest BCUT2D eigenvalue weighted by molar-refractivity contribution is 0.202. The summed E-state index contributed by atoms with van der Waals surface area (Å²) in [4.78, 5) is 3.98. The van der Waals surface area contributed by atoms with Crippen molar-refractivity contribution in [2.75, 3.05) is 13.7 Å². The van der Waals surface area contributed by atoms with E-state index in [1.807, 2.05) is 24.3 Å². The number of aromatic nitrogens is 1. The fraction of sp³-hybridized carbons (Fsp3) is 0.200. The second kappa shape index (κ2) is 6.68. The summed E-state index contributed by atoms with van der Waals surface area (Å²) in [6.45, 7) is 0.701. The van der Waals surface area contributed by atoms with Crippen LogP contribution in [0.5, 0.6) is 11.5 Å². The summed E-state index contributed by atoms with van der Waals surface area (Å²) < 4.78 is 10.7. The van der Waals surface area contributed by atoms with Crippen LogP contribution in [0.25, 0.3) is 0 Å². The molecular formula is C15H17N3O2. The highest BCUT2D eigenvalue weighted by molar-refractivity contribution is 5.93. The maximum atomic E-state index is 7.35. The smallest absolute Gasteiger partial charge is 0.141 e. The lowest BCUT2D eigenvalue weighted by atomic mass is 10.1. The summed E-state index contributed by atoms with van der Waals surface area (Å²) in [5.41, 5.74) is 6.99. The molecule has 0 unspecified atom stereocenters. The number of hydrogen-bond acceptors (Lipinski definition) is 4. The van der Waals surface area contributed by atoms with Crippen LogP contribution in [-0.2, 0) is 11.2 Å². The molecule has 0 atom stereocenters. The van der Waals surface area contributed by atoms with Gasteiger partial charge in [-0.25, -0.2) is 0 Å². The molecule has 104 valence electrons. The Bertz CT molecular complexity index is 582. The van der Waals surface area contributed by atoms with E-state index in [2.05, 4.69) is 4.98 Å². The molecule has 0 radical (unpaired) electrons. The number of nitrogens with one attached hydrogen (secondary N) is 1. The van der Waals surface area contributed by atoms with Gasteiger partial charge in [0.15, 0.2) is 0 Å². The number of methoxy groups -OCH3 is 1. The average Bonchev–Trinajstić information content (AvgIpc) is 2.47. The van der Waals surface area contributed by atoms with E-state index in [0.29, 0.717) is 18.1 Å². The summed E-state index contributed by atoms with van der Waals surface area (Å²) in [5, 5.41) is 7.35. The van der Waals surface area contributed by atoms with Gasteiger partial charge in [-0.05, 0) is 30.2 Å². The molecule has 2 rings (SSSR count). The molecule has 2 aromatic rings. The van der Waals surface area contributed by atoms with Gasteiger partial charge in [0, 0.05) is 19.4 Å². The van der Waals surface area contributed by atoms with Crippen molar-refractivity contribution in [1.29, 1.82) is 5.41 Å². The monoisotopic (exact) mass is 271 g/mol. The van der Waals surface area contributed by atoms with Crippen LogP contribution in [0.3, 0.4) is 0 Å². The molecule has 0 aliphatic carbocycles. The topological polar surface area (TPSA) is 81.2 Å². The maximum Gasteiger partial charge on any atom is 0.141 e.